The summed E-state index contributed by atoms with van der Waals surface area (Å²) >= 11 is 0. The van der Waals surface area contributed by atoms with E-state index in [1.165, 1.54) is 10.9 Å². The van der Waals surface area contributed by atoms with Gasteiger partial charge in [0.25, 0.3) is 0 Å². The van der Waals surface area contributed by atoms with E-state index in [4.69, 9.17) is 5.11 Å². The molecule has 0 bridgehead atoms. The van der Waals surface area contributed by atoms with Crippen molar-refractivity contribution in [1.29, 1.82) is 0 Å². The highest BCUT2D eigenvalue weighted by molar-refractivity contribution is 7.89. The molecule has 1 aromatic heterocycles. The minimum Gasteiger partial charge on any atom is -0.480 e. The minimum atomic E-state index is -3.77. The monoisotopic (exact) mass is 273 g/mol. The molecule has 0 radical (unpaired) electrons. The van der Waals surface area contributed by atoms with Crippen molar-refractivity contribution in [3.63, 3.8) is 0 Å². The Balaban J connectivity index is 2.43. The van der Waals surface area contributed by atoms with Gasteiger partial charge in [-0.15, -0.1) is 0 Å². The molecule has 0 aliphatic carbocycles. The van der Waals surface area contributed by atoms with Crippen LogP contribution in [-0.4, -0.2) is 46.2 Å². The van der Waals surface area contributed by atoms with E-state index >= 15 is 0 Å². The van der Waals surface area contributed by atoms with Gasteiger partial charge in [-0.25, -0.2) is 8.42 Å². The summed E-state index contributed by atoms with van der Waals surface area (Å²) in [5, 5.41) is 12.9. The fourth-order valence-electron chi connectivity index (χ4n) is 2.13. The van der Waals surface area contributed by atoms with Gasteiger partial charge in [-0.3, -0.25) is 9.48 Å². The van der Waals surface area contributed by atoms with Crippen LogP contribution in [0, 0.1) is 6.92 Å². The van der Waals surface area contributed by atoms with Crippen LogP contribution >= 0.6 is 0 Å². The molecule has 1 fully saturated rings. The summed E-state index contributed by atoms with van der Waals surface area (Å²) in [6, 6.07) is -0.963. The molecule has 7 nitrogen and oxygen atoms in total. The van der Waals surface area contributed by atoms with Gasteiger partial charge >= 0.3 is 5.97 Å². The molecule has 1 saturated heterocycles. The lowest BCUT2D eigenvalue weighted by Gasteiger charge is -2.20. The third-order valence-electron chi connectivity index (χ3n) is 3.27. The molecule has 18 heavy (non-hydrogen) atoms. The molecule has 100 valence electrons. The Bertz CT molecular complexity index is 578. The Morgan fingerprint density at radius 2 is 2.22 bits per heavy atom. The van der Waals surface area contributed by atoms with Gasteiger partial charge in [0.15, 0.2) is 0 Å². The first-order valence-electron chi connectivity index (χ1n) is 5.59. The average molecular weight is 273 g/mol. The summed E-state index contributed by atoms with van der Waals surface area (Å²) < 4.78 is 27.3. The van der Waals surface area contributed by atoms with Gasteiger partial charge in [-0.2, -0.15) is 9.40 Å². The highest BCUT2D eigenvalue weighted by atomic mass is 32.2. The summed E-state index contributed by atoms with van der Waals surface area (Å²) in [5.41, 5.74) is 0.506. The molecule has 0 aromatic carbocycles. The minimum absolute atomic E-state index is 0.0816. The third kappa shape index (κ3) is 1.91. The Morgan fingerprint density at radius 3 is 2.72 bits per heavy atom. The number of sulfonamides is 1. The Labute approximate surface area is 105 Å². The topological polar surface area (TPSA) is 92.5 Å². The molecule has 1 atom stereocenters. The molecule has 1 aliphatic heterocycles. The summed E-state index contributed by atoms with van der Waals surface area (Å²) in [6.07, 6.45) is 2.19. The predicted molar refractivity (Wildman–Crippen MR) is 62.5 cm³/mol. The van der Waals surface area contributed by atoms with Gasteiger partial charge in [0.1, 0.15) is 10.9 Å². The second kappa shape index (κ2) is 4.36. The Kier molecular flexibility index (Phi) is 3.16. The van der Waals surface area contributed by atoms with E-state index in [-0.39, 0.29) is 11.4 Å². The van der Waals surface area contributed by atoms with Crippen molar-refractivity contribution in [1.82, 2.24) is 14.1 Å². The molecular weight excluding hydrogens is 258 g/mol. The molecule has 8 heteroatoms. The lowest BCUT2D eigenvalue weighted by atomic mass is 10.2. The van der Waals surface area contributed by atoms with Gasteiger partial charge in [0.2, 0.25) is 10.0 Å². The van der Waals surface area contributed by atoms with E-state index in [1.807, 2.05) is 0 Å². The number of hydrogen-bond acceptors (Lipinski definition) is 4. The summed E-state index contributed by atoms with van der Waals surface area (Å²) in [5.74, 6) is -1.10. The summed E-state index contributed by atoms with van der Waals surface area (Å²) in [4.78, 5) is 11.1. The first kappa shape index (κ1) is 13.0. The number of rotatable bonds is 3. The SMILES string of the molecule is Cc1c(S(=O)(=O)N2CCCC2C(=O)O)cnn1C. The zero-order valence-corrected chi connectivity index (χ0v) is 11.0. The van der Waals surface area contributed by atoms with Gasteiger partial charge in [-0.05, 0) is 19.8 Å². The first-order valence-corrected chi connectivity index (χ1v) is 7.03. The third-order valence-corrected chi connectivity index (χ3v) is 5.28. The molecule has 1 aliphatic rings. The van der Waals surface area contributed by atoms with Crippen LogP contribution in [0.2, 0.25) is 0 Å². The number of aryl methyl sites for hydroxylation is 1. The number of nitrogens with zero attached hydrogens (tertiary/aromatic N) is 3. The van der Waals surface area contributed by atoms with Crippen molar-refractivity contribution in [3.05, 3.63) is 11.9 Å². The molecule has 1 unspecified atom stereocenters. The van der Waals surface area contributed by atoms with Crippen LogP contribution in [0.15, 0.2) is 11.1 Å². The van der Waals surface area contributed by atoms with E-state index < -0.39 is 22.0 Å². The first-order chi connectivity index (χ1) is 8.35. The molecule has 0 saturated carbocycles. The van der Waals surface area contributed by atoms with Crippen LogP contribution in [-0.2, 0) is 21.9 Å². The van der Waals surface area contributed by atoms with Crippen LogP contribution in [0.4, 0.5) is 0 Å². The van der Waals surface area contributed by atoms with Crippen molar-refractivity contribution < 1.29 is 18.3 Å². The number of carbonyl (C=O) groups is 1. The van der Waals surface area contributed by atoms with E-state index in [0.29, 0.717) is 18.5 Å². The van der Waals surface area contributed by atoms with Crippen molar-refractivity contribution in [2.45, 2.75) is 30.7 Å². The zero-order valence-electron chi connectivity index (χ0n) is 10.2. The van der Waals surface area contributed by atoms with Crippen molar-refractivity contribution in [3.8, 4) is 0 Å². The number of carboxylic acid groups (broad SMARTS) is 1. The Morgan fingerprint density at radius 1 is 1.56 bits per heavy atom. The van der Waals surface area contributed by atoms with Crippen molar-refractivity contribution >= 4 is 16.0 Å². The van der Waals surface area contributed by atoms with Crippen LogP contribution in [0.1, 0.15) is 18.5 Å². The van der Waals surface area contributed by atoms with E-state index in [0.717, 1.165) is 4.31 Å². The molecule has 1 N–H and O–H groups in total. The van der Waals surface area contributed by atoms with Crippen LogP contribution in [0.3, 0.4) is 0 Å². The van der Waals surface area contributed by atoms with Crippen LogP contribution < -0.4 is 0 Å². The highest BCUT2D eigenvalue weighted by Gasteiger charge is 2.40. The van der Waals surface area contributed by atoms with E-state index in [9.17, 15) is 13.2 Å². The fraction of sp³-hybridized carbons (Fsp3) is 0.600. The average Bonchev–Trinajstić information content (AvgIpc) is 2.87. The molecular formula is C10H15N3O4S. The normalized spacial score (nSPS) is 21.3. The highest BCUT2D eigenvalue weighted by Crippen LogP contribution is 2.27. The smallest absolute Gasteiger partial charge is 0.322 e. The Hall–Kier alpha value is -1.41. The maximum atomic E-state index is 12.4. The fourth-order valence-corrected chi connectivity index (χ4v) is 3.97. The number of carboxylic acids is 1. The summed E-state index contributed by atoms with van der Waals surface area (Å²) in [7, 11) is -2.13. The maximum absolute atomic E-state index is 12.4. The second-order valence-corrected chi connectivity index (χ2v) is 6.19. The standard InChI is InChI=1S/C10H15N3O4S/c1-7-9(6-11-12(7)2)18(16,17)13-5-3-4-8(13)10(14)15/h6,8H,3-5H2,1-2H3,(H,14,15). The van der Waals surface area contributed by atoms with Crippen molar-refractivity contribution in [2.24, 2.45) is 7.05 Å². The number of aromatic nitrogens is 2. The van der Waals surface area contributed by atoms with Gasteiger partial charge in [0.05, 0.1) is 11.9 Å². The van der Waals surface area contributed by atoms with Crippen LogP contribution in [0.5, 0.6) is 0 Å². The largest absolute Gasteiger partial charge is 0.480 e. The second-order valence-electron chi connectivity index (χ2n) is 4.33. The molecule has 2 heterocycles. The quantitative estimate of drug-likeness (QED) is 0.834. The lowest BCUT2D eigenvalue weighted by molar-refractivity contribution is -0.140. The molecule has 0 amide bonds. The van der Waals surface area contributed by atoms with E-state index in [1.54, 1.807) is 14.0 Å². The lowest BCUT2D eigenvalue weighted by Crippen LogP contribution is -2.40. The molecule has 0 spiro atoms. The van der Waals surface area contributed by atoms with Gasteiger partial charge < -0.3 is 5.11 Å². The van der Waals surface area contributed by atoms with E-state index in [2.05, 4.69) is 5.10 Å². The van der Waals surface area contributed by atoms with Gasteiger partial charge in [0, 0.05) is 13.6 Å². The summed E-state index contributed by atoms with van der Waals surface area (Å²) in [6.45, 7) is 1.89. The van der Waals surface area contributed by atoms with Gasteiger partial charge in [-0.1, -0.05) is 0 Å². The molecule has 1 aromatic rings. The molecule has 2 rings (SSSR count). The maximum Gasteiger partial charge on any atom is 0.322 e. The number of hydrogen-bond donors (Lipinski definition) is 1. The van der Waals surface area contributed by atoms with Crippen molar-refractivity contribution in [2.75, 3.05) is 6.54 Å². The zero-order chi connectivity index (χ0) is 13.5. The number of aliphatic carboxylic acids is 1. The predicted octanol–water partition coefficient (Wildman–Crippen LogP) is -0.0338. The van der Waals surface area contributed by atoms with Crippen LogP contribution in [0.25, 0.3) is 0 Å².